The minimum Gasteiger partial charge on any atom is -0.454 e. The summed E-state index contributed by atoms with van der Waals surface area (Å²) < 4.78 is 11.1. The first-order chi connectivity index (χ1) is 19.5. The monoisotopic (exact) mass is 536 g/mol. The summed E-state index contributed by atoms with van der Waals surface area (Å²) >= 11 is 0. The number of nitrogens with one attached hydrogen (secondary N) is 2. The number of hydrogen-bond acceptors (Lipinski definition) is 6. The van der Waals surface area contributed by atoms with E-state index >= 15 is 0 Å². The van der Waals surface area contributed by atoms with Gasteiger partial charge in [0.1, 0.15) is 12.6 Å². The Morgan fingerprint density at radius 2 is 1.82 bits per heavy atom. The van der Waals surface area contributed by atoms with Crippen LogP contribution < -0.4 is 19.9 Å². The molecule has 0 bridgehead atoms. The predicted octanol–water partition coefficient (Wildman–Crippen LogP) is 3.30. The van der Waals surface area contributed by atoms with Gasteiger partial charge in [0.2, 0.25) is 12.7 Å². The molecular formula is C30H24N4O6. The standard InChI is InChI=1S/C30H24N4O6/c35-26(32-38)12-7-17-5-9-19(10-6-17)33-15-27(36)34-23(30(33)37)14-21-20-3-1-2-4-22(20)31-28(21)29(34)18-8-11-24-25(13-18)40-16-39-24/h1-13,23,29,31,38H,14-16H2,(H,32,35)/b12-7+/t23-,29-/m1/s1. The van der Waals surface area contributed by atoms with E-state index in [1.54, 1.807) is 34.6 Å². The Morgan fingerprint density at radius 1 is 1.02 bits per heavy atom. The van der Waals surface area contributed by atoms with Crippen LogP contribution in [0.4, 0.5) is 5.69 Å². The van der Waals surface area contributed by atoms with Crippen LogP contribution in [0.2, 0.25) is 0 Å². The maximum Gasteiger partial charge on any atom is 0.267 e. The van der Waals surface area contributed by atoms with Crippen LogP contribution in [0.3, 0.4) is 0 Å². The summed E-state index contributed by atoms with van der Waals surface area (Å²) in [6, 6.07) is 19.4. The van der Waals surface area contributed by atoms with Gasteiger partial charge in [0.25, 0.3) is 11.8 Å². The molecule has 3 aliphatic heterocycles. The maximum atomic E-state index is 14.1. The van der Waals surface area contributed by atoms with Crippen LogP contribution in [0.1, 0.15) is 28.4 Å². The highest BCUT2D eigenvalue weighted by atomic mass is 16.7. The van der Waals surface area contributed by atoms with Gasteiger partial charge in [-0.1, -0.05) is 36.4 Å². The van der Waals surface area contributed by atoms with Gasteiger partial charge in [-0.15, -0.1) is 0 Å². The summed E-state index contributed by atoms with van der Waals surface area (Å²) in [6.45, 7) is 0.0388. The maximum absolute atomic E-state index is 14.1. The largest absolute Gasteiger partial charge is 0.454 e. The molecule has 3 aliphatic rings. The first-order valence-electron chi connectivity index (χ1n) is 12.9. The fourth-order valence-corrected chi connectivity index (χ4v) is 5.89. The van der Waals surface area contributed by atoms with Crippen molar-refractivity contribution in [1.29, 1.82) is 0 Å². The second-order valence-corrected chi connectivity index (χ2v) is 9.92. The number of rotatable bonds is 4. The Balaban J connectivity index is 1.28. The number of para-hydroxylation sites is 1. The average Bonchev–Trinajstić information content (AvgIpc) is 3.61. The summed E-state index contributed by atoms with van der Waals surface area (Å²) in [5.74, 6) is 0.284. The lowest BCUT2D eigenvalue weighted by atomic mass is 9.86. The lowest BCUT2D eigenvalue weighted by Crippen LogP contribution is -2.63. The molecular weight excluding hydrogens is 512 g/mol. The SMILES string of the molecule is O=C(/C=C/c1ccc(N2CC(=O)N3[C@H](c4ccc5c(c4)OCO5)c4[nH]c5ccccc5c4C[C@@H]3C2=O)cc1)NO. The quantitative estimate of drug-likeness (QED) is 0.209. The highest BCUT2D eigenvalue weighted by molar-refractivity contribution is 6.08. The van der Waals surface area contributed by atoms with Crippen molar-refractivity contribution in [1.82, 2.24) is 15.4 Å². The third kappa shape index (κ3) is 3.80. The van der Waals surface area contributed by atoms with Gasteiger partial charge >= 0.3 is 0 Å². The van der Waals surface area contributed by atoms with E-state index in [1.165, 1.54) is 17.1 Å². The van der Waals surface area contributed by atoms with Crippen molar-refractivity contribution < 1.29 is 29.1 Å². The van der Waals surface area contributed by atoms with Gasteiger partial charge in [0.05, 0.1) is 6.04 Å². The second kappa shape index (κ2) is 9.28. The van der Waals surface area contributed by atoms with Crippen LogP contribution in [-0.2, 0) is 20.8 Å². The van der Waals surface area contributed by atoms with Crippen LogP contribution in [-0.4, -0.2) is 52.2 Å². The van der Waals surface area contributed by atoms with Gasteiger partial charge in [-0.05, 0) is 53.1 Å². The number of aromatic amines is 1. The van der Waals surface area contributed by atoms with Gasteiger partial charge in [0.15, 0.2) is 11.5 Å². The summed E-state index contributed by atoms with van der Waals surface area (Å²) in [7, 11) is 0. The van der Waals surface area contributed by atoms with E-state index in [0.717, 1.165) is 27.7 Å². The molecule has 3 aromatic carbocycles. The minimum absolute atomic E-state index is 0.103. The molecule has 10 heteroatoms. The second-order valence-electron chi connectivity index (χ2n) is 9.92. The van der Waals surface area contributed by atoms with E-state index in [-0.39, 0.29) is 25.2 Å². The van der Waals surface area contributed by atoms with Crippen molar-refractivity contribution >= 4 is 40.4 Å². The molecule has 200 valence electrons. The number of H-pyrrole nitrogens is 1. The van der Waals surface area contributed by atoms with E-state index < -0.39 is 18.0 Å². The van der Waals surface area contributed by atoms with E-state index in [4.69, 9.17) is 14.7 Å². The Hall–Kier alpha value is -5.09. The number of amides is 3. The molecule has 4 heterocycles. The third-order valence-electron chi connectivity index (χ3n) is 7.72. The average molecular weight is 537 g/mol. The minimum atomic E-state index is -0.698. The van der Waals surface area contributed by atoms with Crippen LogP contribution >= 0.6 is 0 Å². The van der Waals surface area contributed by atoms with E-state index in [9.17, 15) is 14.4 Å². The fraction of sp³-hybridized carbons (Fsp3) is 0.167. The molecule has 10 nitrogen and oxygen atoms in total. The molecule has 3 N–H and O–H groups in total. The summed E-state index contributed by atoms with van der Waals surface area (Å²) in [5.41, 5.74) is 6.54. The van der Waals surface area contributed by atoms with E-state index in [2.05, 4.69) is 4.98 Å². The topological polar surface area (TPSA) is 124 Å². The molecule has 1 fully saturated rings. The molecule has 4 aromatic rings. The zero-order valence-corrected chi connectivity index (χ0v) is 21.2. The molecule has 0 unspecified atom stereocenters. The third-order valence-corrected chi connectivity index (χ3v) is 7.72. The van der Waals surface area contributed by atoms with Crippen LogP contribution in [0.15, 0.2) is 72.8 Å². The molecule has 7 rings (SSSR count). The summed E-state index contributed by atoms with van der Waals surface area (Å²) in [6.07, 6.45) is 3.12. The lowest BCUT2D eigenvalue weighted by molar-refractivity contribution is -0.145. The highest BCUT2D eigenvalue weighted by Gasteiger charge is 2.48. The van der Waals surface area contributed by atoms with E-state index in [0.29, 0.717) is 29.2 Å². The van der Waals surface area contributed by atoms with Crippen molar-refractivity contribution in [3.63, 3.8) is 0 Å². The molecule has 0 radical (unpaired) electrons. The van der Waals surface area contributed by atoms with Crippen LogP contribution in [0, 0.1) is 0 Å². The first kappa shape index (κ1) is 24.0. The van der Waals surface area contributed by atoms with Crippen molar-refractivity contribution in [2.75, 3.05) is 18.2 Å². The number of ether oxygens (including phenoxy) is 2. The Bertz CT molecular complexity index is 1710. The van der Waals surface area contributed by atoms with Gasteiger partial charge in [-0.3, -0.25) is 19.6 Å². The number of carbonyl (C=O) groups is 3. The van der Waals surface area contributed by atoms with E-state index in [1.807, 2.05) is 42.5 Å². The number of nitrogens with zero attached hydrogens (tertiary/aromatic N) is 2. The van der Waals surface area contributed by atoms with Crippen molar-refractivity contribution in [2.45, 2.75) is 18.5 Å². The molecule has 0 saturated carbocycles. The van der Waals surface area contributed by atoms with Crippen LogP contribution in [0.25, 0.3) is 17.0 Å². The van der Waals surface area contributed by atoms with Gasteiger partial charge in [-0.2, -0.15) is 0 Å². The van der Waals surface area contributed by atoms with Crippen molar-refractivity contribution in [3.8, 4) is 11.5 Å². The predicted molar refractivity (Wildman–Crippen MR) is 145 cm³/mol. The molecule has 0 spiro atoms. The molecule has 2 atom stereocenters. The number of carbonyl (C=O) groups excluding carboxylic acids is 3. The van der Waals surface area contributed by atoms with Crippen molar-refractivity contribution in [3.05, 3.63) is 95.2 Å². The first-order valence-corrected chi connectivity index (χ1v) is 12.9. The molecule has 1 saturated heterocycles. The van der Waals surface area contributed by atoms with Gasteiger partial charge < -0.3 is 24.3 Å². The normalized spacial score (nSPS) is 19.7. The lowest BCUT2D eigenvalue weighted by Gasteiger charge is -2.47. The smallest absolute Gasteiger partial charge is 0.267 e. The number of anilines is 1. The van der Waals surface area contributed by atoms with Crippen LogP contribution in [0.5, 0.6) is 11.5 Å². The number of aromatic nitrogens is 1. The molecule has 1 aromatic heterocycles. The summed E-state index contributed by atoms with van der Waals surface area (Å²) in [4.78, 5) is 46.0. The van der Waals surface area contributed by atoms with Gasteiger partial charge in [-0.25, -0.2) is 5.48 Å². The number of hydrogen-bond donors (Lipinski definition) is 3. The number of piperazine rings is 1. The summed E-state index contributed by atoms with van der Waals surface area (Å²) in [5, 5.41) is 9.70. The zero-order valence-electron chi connectivity index (χ0n) is 21.2. The Labute approximate surface area is 228 Å². The molecule has 40 heavy (non-hydrogen) atoms. The zero-order chi connectivity index (χ0) is 27.4. The number of fused-ring (bicyclic) bond motifs is 5. The number of benzene rings is 3. The Morgan fingerprint density at radius 3 is 2.65 bits per heavy atom. The van der Waals surface area contributed by atoms with Gasteiger partial charge in [0, 0.05) is 34.8 Å². The molecule has 3 amide bonds. The number of hydroxylamine groups is 1. The highest BCUT2D eigenvalue weighted by Crippen LogP contribution is 2.45. The van der Waals surface area contributed by atoms with Crippen molar-refractivity contribution in [2.24, 2.45) is 0 Å². The fourth-order valence-electron chi connectivity index (χ4n) is 5.89. The Kier molecular flexibility index (Phi) is 5.56. The molecule has 0 aliphatic carbocycles.